The molecule has 0 aliphatic heterocycles. The zero-order valence-electron chi connectivity index (χ0n) is 9.54. The molecule has 0 atom stereocenters. The van der Waals surface area contributed by atoms with Crippen molar-refractivity contribution in [2.24, 2.45) is 0 Å². The summed E-state index contributed by atoms with van der Waals surface area (Å²) in [5.41, 5.74) is 7.29. The summed E-state index contributed by atoms with van der Waals surface area (Å²) in [5, 5.41) is 0.462. The van der Waals surface area contributed by atoms with Gasteiger partial charge in [-0.25, -0.2) is 0 Å². The second-order valence-corrected chi connectivity index (χ2v) is 4.24. The molecule has 2 aromatic rings. The Labute approximate surface area is 112 Å². The van der Waals surface area contributed by atoms with Crippen LogP contribution in [0.4, 0.5) is 18.9 Å². The fourth-order valence-electron chi connectivity index (χ4n) is 1.66. The number of benzene rings is 2. The van der Waals surface area contributed by atoms with E-state index in [9.17, 15) is 13.2 Å². The molecule has 100 valence electrons. The lowest BCUT2D eigenvalue weighted by Crippen LogP contribution is -2.17. The van der Waals surface area contributed by atoms with Crippen molar-refractivity contribution in [2.75, 3.05) is 5.73 Å². The van der Waals surface area contributed by atoms with Crippen molar-refractivity contribution < 1.29 is 17.9 Å². The summed E-state index contributed by atoms with van der Waals surface area (Å²) < 4.78 is 40.3. The SMILES string of the molecule is Nc1cc(Cl)ccc1-c1cccc(OC(F)(F)F)c1. The van der Waals surface area contributed by atoms with Gasteiger partial charge in [-0.2, -0.15) is 0 Å². The van der Waals surface area contributed by atoms with Crippen LogP contribution in [0.25, 0.3) is 11.1 Å². The van der Waals surface area contributed by atoms with Gasteiger partial charge in [-0.15, -0.1) is 13.2 Å². The largest absolute Gasteiger partial charge is 0.573 e. The molecule has 0 heterocycles. The van der Waals surface area contributed by atoms with Crippen molar-refractivity contribution in [2.45, 2.75) is 6.36 Å². The standard InChI is InChI=1S/C13H9ClF3NO/c14-9-4-5-11(12(18)7-9)8-2-1-3-10(6-8)19-13(15,16)17/h1-7H,18H2. The van der Waals surface area contributed by atoms with E-state index in [1.54, 1.807) is 18.2 Å². The molecule has 0 radical (unpaired) electrons. The highest BCUT2D eigenvalue weighted by Crippen LogP contribution is 2.32. The molecule has 0 aliphatic carbocycles. The quantitative estimate of drug-likeness (QED) is 0.826. The van der Waals surface area contributed by atoms with Gasteiger partial charge in [0.05, 0.1) is 0 Å². The average Bonchev–Trinajstić information content (AvgIpc) is 2.26. The van der Waals surface area contributed by atoms with Gasteiger partial charge in [0.25, 0.3) is 0 Å². The van der Waals surface area contributed by atoms with Crippen molar-refractivity contribution in [1.29, 1.82) is 0 Å². The first kappa shape index (κ1) is 13.5. The molecule has 0 saturated carbocycles. The van der Waals surface area contributed by atoms with Crippen molar-refractivity contribution in [3.63, 3.8) is 0 Å². The number of anilines is 1. The van der Waals surface area contributed by atoms with E-state index < -0.39 is 6.36 Å². The van der Waals surface area contributed by atoms with E-state index >= 15 is 0 Å². The van der Waals surface area contributed by atoms with Crippen LogP contribution in [0, 0.1) is 0 Å². The molecule has 0 aromatic heterocycles. The van der Waals surface area contributed by atoms with E-state index in [1.807, 2.05) is 0 Å². The van der Waals surface area contributed by atoms with Crippen LogP contribution < -0.4 is 10.5 Å². The maximum absolute atomic E-state index is 12.1. The highest BCUT2D eigenvalue weighted by atomic mass is 35.5. The molecule has 2 nitrogen and oxygen atoms in total. The molecule has 19 heavy (non-hydrogen) atoms. The van der Waals surface area contributed by atoms with E-state index in [2.05, 4.69) is 4.74 Å². The first-order chi connectivity index (χ1) is 8.85. The molecular formula is C13H9ClF3NO. The maximum Gasteiger partial charge on any atom is 0.573 e. The van der Waals surface area contributed by atoms with Crippen LogP contribution in [-0.4, -0.2) is 6.36 Å². The Morgan fingerprint density at radius 2 is 1.79 bits per heavy atom. The summed E-state index contributed by atoms with van der Waals surface area (Å²) in [4.78, 5) is 0. The van der Waals surface area contributed by atoms with E-state index in [0.717, 1.165) is 0 Å². The van der Waals surface area contributed by atoms with Crippen LogP contribution in [0.2, 0.25) is 5.02 Å². The lowest BCUT2D eigenvalue weighted by Gasteiger charge is -2.11. The van der Waals surface area contributed by atoms with E-state index in [-0.39, 0.29) is 5.75 Å². The Morgan fingerprint density at radius 3 is 2.42 bits per heavy atom. The Kier molecular flexibility index (Phi) is 3.57. The van der Waals surface area contributed by atoms with Gasteiger partial charge in [0.15, 0.2) is 0 Å². The summed E-state index contributed by atoms with van der Waals surface area (Å²) in [5.74, 6) is -0.292. The minimum atomic E-state index is -4.72. The molecular weight excluding hydrogens is 279 g/mol. The Hall–Kier alpha value is -1.88. The van der Waals surface area contributed by atoms with E-state index in [0.29, 0.717) is 21.8 Å². The number of halogens is 4. The first-order valence-corrected chi connectivity index (χ1v) is 5.64. The van der Waals surface area contributed by atoms with E-state index in [4.69, 9.17) is 17.3 Å². The molecule has 0 aliphatic rings. The topological polar surface area (TPSA) is 35.2 Å². The zero-order chi connectivity index (χ0) is 14.0. The average molecular weight is 288 g/mol. The van der Waals surface area contributed by atoms with E-state index in [1.165, 1.54) is 24.3 Å². The molecule has 2 rings (SSSR count). The Bertz CT molecular complexity index is 599. The van der Waals surface area contributed by atoms with Crippen molar-refractivity contribution >= 4 is 17.3 Å². The van der Waals surface area contributed by atoms with Gasteiger partial charge in [-0.05, 0) is 29.8 Å². The maximum atomic E-state index is 12.1. The lowest BCUT2D eigenvalue weighted by atomic mass is 10.0. The summed E-state index contributed by atoms with van der Waals surface area (Å²) in [7, 11) is 0. The molecule has 0 spiro atoms. The molecule has 0 bridgehead atoms. The van der Waals surface area contributed by atoms with Crippen LogP contribution in [0.1, 0.15) is 0 Å². The van der Waals surface area contributed by atoms with Crippen molar-refractivity contribution in [3.8, 4) is 16.9 Å². The molecule has 0 amide bonds. The van der Waals surface area contributed by atoms with Gasteiger partial charge in [-0.1, -0.05) is 29.8 Å². The third kappa shape index (κ3) is 3.54. The van der Waals surface area contributed by atoms with Crippen LogP contribution in [0.15, 0.2) is 42.5 Å². The highest BCUT2D eigenvalue weighted by molar-refractivity contribution is 6.31. The van der Waals surface area contributed by atoms with Crippen molar-refractivity contribution in [3.05, 3.63) is 47.5 Å². The number of ether oxygens (including phenoxy) is 1. The van der Waals surface area contributed by atoms with Gasteiger partial charge in [0, 0.05) is 16.3 Å². The highest BCUT2D eigenvalue weighted by Gasteiger charge is 2.31. The zero-order valence-corrected chi connectivity index (χ0v) is 10.3. The monoisotopic (exact) mass is 287 g/mol. The summed E-state index contributed by atoms with van der Waals surface area (Å²) in [6, 6.07) is 10.4. The van der Waals surface area contributed by atoms with Crippen LogP contribution in [-0.2, 0) is 0 Å². The van der Waals surface area contributed by atoms with Gasteiger partial charge >= 0.3 is 6.36 Å². The molecule has 0 fully saturated rings. The molecule has 0 unspecified atom stereocenters. The number of nitrogen functional groups attached to an aromatic ring is 1. The summed E-state index contributed by atoms with van der Waals surface area (Å²) in [6.07, 6.45) is -4.72. The molecule has 6 heteroatoms. The number of rotatable bonds is 2. The fourth-order valence-corrected chi connectivity index (χ4v) is 1.84. The minimum absolute atomic E-state index is 0.292. The predicted octanol–water partition coefficient (Wildman–Crippen LogP) is 4.49. The number of hydrogen-bond acceptors (Lipinski definition) is 2. The lowest BCUT2D eigenvalue weighted by molar-refractivity contribution is -0.274. The van der Waals surface area contributed by atoms with Gasteiger partial charge in [-0.3, -0.25) is 0 Å². The van der Waals surface area contributed by atoms with Crippen molar-refractivity contribution in [1.82, 2.24) is 0 Å². The molecule has 0 saturated heterocycles. The smallest absolute Gasteiger partial charge is 0.406 e. The number of hydrogen-bond donors (Lipinski definition) is 1. The van der Waals surface area contributed by atoms with Crippen LogP contribution in [0.5, 0.6) is 5.75 Å². The normalized spacial score (nSPS) is 11.4. The second kappa shape index (κ2) is 5.01. The predicted molar refractivity (Wildman–Crippen MR) is 68.0 cm³/mol. The molecule has 2 N–H and O–H groups in total. The Balaban J connectivity index is 2.38. The van der Waals surface area contributed by atoms with Gasteiger partial charge < -0.3 is 10.5 Å². The third-order valence-corrected chi connectivity index (χ3v) is 2.63. The molecule has 2 aromatic carbocycles. The first-order valence-electron chi connectivity index (χ1n) is 5.26. The second-order valence-electron chi connectivity index (χ2n) is 3.81. The van der Waals surface area contributed by atoms with Crippen LogP contribution in [0.3, 0.4) is 0 Å². The van der Waals surface area contributed by atoms with Gasteiger partial charge in [0.1, 0.15) is 5.75 Å². The third-order valence-electron chi connectivity index (χ3n) is 2.39. The van der Waals surface area contributed by atoms with Gasteiger partial charge in [0.2, 0.25) is 0 Å². The number of alkyl halides is 3. The summed E-state index contributed by atoms with van der Waals surface area (Å²) >= 11 is 5.77. The minimum Gasteiger partial charge on any atom is -0.406 e. The number of nitrogens with two attached hydrogens (primary N) is 1. The Morgan fingerprint density at radius 1 is 1.05 bits per heavy atom. The van der Waals surface area contributed by atoms with Crippen LogP contribution >= 0.6 is 11.6 Å². The summed E-state index contributed by atoms with van der Waals surface area (Å²) in [6.45, 7) is 0. The fraction of sp³-hybridized carbons (Fsp3) is 0.0769.